The predicted octanol–water partition coefficient (Wildman–Crippen LogP) is 6.06. The maximum Gasteiger partial charge on any atom is 0.227 e. The molecule has 0 aliphatic carbocycles. The largest absolute Gasteiger partial charge is 0.361 e. The second kappa shape index (κ2) is 8.91. The van der Waals surface area contributed by atoms with Gasteiger partial charge in [0.2, 0.25) is 5.91 Å². The molecule has 8 heteroatoms. The molecule has 1 amide bonds. The van der Waals surface area contributed by atoms with Gasteiger partial charge in [-0.05, 0) is 63.3 Å². The number of aromatic nitrogens is 4. The summed E-state index contributed by atoms with van der Waals surface area (Å²) in [6, 6.07) is 6.70. The van der Waals surface area contributed by atoms with Crippen LogP contribution in [0, 0.1) is 32.5 Å². The molecular formula is C27H30FN5O2. The zero-order valence-corrected chi connectivity index (χ0v) is 20.8. The van der Waals surface area contributed by atoms with Crippen molar-refractivity contribution in [2.75, 3.05) is 4.90 Å². The zero-order chi connectivity index (χ0) is 24.9. The fourth-order valence-corrected chi connectivity index (χ4v) is 5.03. The lowest BCUT2D eigenvalue weighted by atomic mass is 9.99. The number of amides is 1. The van der Waals surface area contributed by atoms with E-state index in [0.717, 1.165) is 52.4 Å². The second-order valence-electron chi connectivity index (χ2n) is 9.85. The van der Waals surface area contributed by atoms with Gasteiger partial charge in [0.1, 0.15) is 22.9 Å². The molecule has 1 fully saturated rings. The van der Waals surface area contributed by atoms with E-state index in [1.165, 1.54) is 6.07 Å². The van der Waals surface area contributed by atoms with Crippen molar-refractivity contribution in [3.05, 3.63) is 59.1 Å². The Kier molecular flexibility index (Phi) is 5.91. The molecular weight excluding hydrogens is 445 g/mol. The number of carbonyl (C=O) groups excluding carboxylic acids is 1. The third-order valence-electron chi connectivity index (χ3n) is 6.66. The van der Waals surface area contributed by atoms with Gasteiger partial charge in [-0.1, -0.05) is 25.1 Å². The lowest BCUT2D eigenvalue weighted by molar-refractivity contribution is -0.120. The van der Waals surface area contributed by atoms with Crippen LogP contribution in [0.5, 0.6) is 0 Å². The predicted molar refractivity (Wildman–Crippen MR) is 133 cm³/mol. The summed E-state index contributed by atoms with van der Waals surface area (Å²) in [4.78, 5) is 24.7. The summed E-state index contributed by atoms with van der Waals surface area (Å²) in [6.45, 7) is 10.5. The van der Waals surface area contributed by atoms with E-state index < -0.39 is 0 Å². The van der Waals surface area contributed by atoms with Crippen molar-refractivity contribution in [1.82, 2.24) is 19.7 Å². The third-order valence-corrected chi connectivity index (χ3v) is 6.66. The fourth-order valence-electron chi connectivity index (χ4n) is 5.03. The highest BCUT2D eigenvalue weighted by atomic mass is 19.1. The van der Waals surface area contributed by atoms with E-state index in [9.17, 15) is 9.18 Å². The molecule has 182 valence electrons. The van der Waals surface area contributed by atoms with Gasteiger partial charge < -0.3 is 14.0 Å². The molecule has 1 saturated heterocycles. The number of hydrogen-bond donors (Lipinski definition) is 0. The summed E-state index contributed by atoms with van der Waals surface area (Å²) in [5.41, 5.74) is 5.27. The minimum atomic E-state index is -0.318. The number of halogens is 1. The number of carbonyl (C=O) groups is 1. The van der Waals surface area contributed by atoms with Crippen molar-refractivity contribution in [3.8, 4) is 11.1 Å². The summed E-state index contributed by atoms with van der Waals surface area (Å²) < 4.78 is 21.9. The van der Waals surface area contributed by atoms with Crippen LogP contribution in [0.3, 0.4) is 0 Å². The Balaban J connectivity index is 1.66. The Labute approximate surface area is 204 Å². The molecule has 1 atom stereocenters. The van der Waals surface area contributed by atoms with Crippen molar-refractivity contribution in [1.29, 1.82) is 0 Å². The van der Waals surface area contributed by atoms with Crippen LogP contribution in [0.2, 0.25) is 0 Å². The molecule has 0 radical (unpaired) electrons. The summed E-state index contributed by atoms with van der Waals surface area (Å²) in [5.74, 6) is 1.53. The van der Waals surface area contributed by atoms with Gasteiger partial charge in [0.25, 0.3) is 0 Å². The van der Waals surface area contributed by atoms with Crippen LogP contribution in [0.15, 0.2) is 35.0 Å². The highest BCUT2D eigenvalue weighted by Gasteiger charge is 2.35. The highest BCUT2D eigenvalue weighted by Crippen LogP contribution is 2.38. The van der Waals surface area contributed by atoms with Crippen molar-refractivity contribution in [3.63, 3.8) is 0 Å². The van der Waals surface area contributed by atoms with Crippen LogP contribution in [-0.2, 0) is 11.3 Å². The maximum absolute atomic E-state index is 14.5. The SMILES string of the molecule is Cc1ccc(N2C(=O)CCC[C@H]2c2nc3cc(-c4c(C)noc4C)cnc3n2CC(C)C)cc1F. The maximum atomic E-state index is 14.5. The number of rotatable bonds is 5. The van der Waals surface area contributed by atoms with Gasteiger partial charge in [0, 0.05) is 36.0 Å². The van der Waals surface area contributed by atoms with E-state index in [1.807, 2.05) is 32.2 Å². The van der Waals surface area contributed by atoms with Gasteiger partial charge >= 0.3 is 0 Å². The van der Waals surface area contributed by atoms with Crippen LogP contribution in [0.1, 0.15) is 62.0 Å². The first-order valence-corrected chi connectivity index (χ1v) is 12.1. The van der Waals surface area contributed by atoms with Crippen LogP contribution in [0.4, 0.5) is 10.1 Å². The van der Waals surface area contributed by atoms with Crippen molar-refractivity contribution < 1.29 is 13.7 Å². The van der Waals surface area contributed by atoms with E-state index in [-0.39, 0.29) is 17.8 Å². The monoisotopic (exact) mass is 475 g/mol. The minimum absolute atomic E-state index is 0.0166. The topological polar surface area (TPSA) is 77.1 Å². The molecule has 35 heavy (non-hydrogen) atoms. The van der Waals surface area contributed by atoms with Gasteiger partial charge in [-0.15, -0.1) is 0 Å². The fraction of sp³-hybridized carbons (Fsp3) is 0.407. The van der Waals surface area contributed by atoms with Crippen LogP contribution in [-0.4, -0.2) is 25.6 Å². The third kappa shape index (κ3) is 4.11. The van der Waals surface area contributed by atoms with Gasteiger partial charge in [-0.25, -0.2) is 14.4 Å². The van der Waals surface area contributed by atoms with E-state index in [1.54, 1.807) is 17.9 Å². The number of benzene rings is 1. The summed E-state index contributed by atoms with van der Waals surface area (Å²) in [6.07, 6.45) is 3.78. The molecule has 0 unspecified atom stereocenters. The molecule has 0 bridgehead atoms. The molecule has 4 heterocycles. The number of piperidine rings is 1. The van der Waals surface area contributed by atoms with E-state index >= 15 is 0 Å². The summed E-state index contributed by atoms with van der Waals surface area (Å²) in [5, 5.41) is 4.07. The molecule has 1 aliphatic heterocycles. The average Bonchev–Trinajstić information content (AvgIpc) is 3.34. The number of imidazole rings is 1. The van der Waals surface area contributed by atoms with Crippen LogP contribution >= 0.6 is 0 Å². The standard InChI is InChI=1S/C27H30FN5O2/c1-15(2)14-32-26-22(11-19(13-29-26)25-17(4)31-35-18(25)5)30-27(32)23-7-6-8-24(34)33(23)20-10-9-16(3)21(28)12-20/h9-13,15,23H,6-8,14H2,1-5H3/t23-/m0/s1. The Morgan fingerprint density at radius 3 is 2.69 bits per heavy atom. The first-order valence-electron chi connectivity index (χ1n) is 12.1. The summed E-state index contributed by atoms with van der Waals surface area (Å²) >= 11 is 0. The lowest BCUT2D eigenvalue weighted by Gasteiger charge is -2.35. The molecule has 1 aliphatic rings. The van der Waals surface area contributed by atoms with Crippen LogP contribution in [0.25, 0.3) is 22.3 Å². The van der Waals surface area contributed by atoms with E-state index in [4.69, 9.17) is 14.5 Å². The number of fused-ring (bicyclic) bond motifs is 1. The molecule has 4 aromatic rings. The normalized spacial score (nSPS) is 16.6. The molecule has 1 aromatic carbocycles. The van der Waals surface area contributed by atoms with E-state index in [2.05, 4.69) is 23.6 Å². The number of anilines is 1. The number of pyridine rings is 1. The van der Waals surface area contributed by atoms with Gasteiger partial charge in [0.05, 0.1) is 11.7 Å². The van der Waals surface area contributed by atoms with Crippen molar-refractivity contribution in [2.24, 2.45) is 5.92 Å². The number of aryl methyl sites for hydroxylation is 3. The molecule has 3 aromatic heterocycles. The number of hydrogen-bond acceptors (Lipinski definition) is 5. The highest BCUT2D eigenvalue weighted by molar-refractivity contribution is 5.95. The van der Waals surface area contributed by atoms with Gasteiger partial charge in [-0.2, -0.15) is 0 Å². The molecule has 0 saturated carbocycles. The molecule has 0 N–H and O–H groups in total. The minimum Gasteiger partial charge on any atom is -0.361 e. The summed E-state index contributed by atoms with van der Waals surface area (Å²) in [7, 11) is 0. The van der Waals surface area contributed by atoms with Crippen molar-refractivity contribution in [2.45, 2.75) is 66.5 Å². The molecule has 5 rings (SSSR count). The molecule has 0 spiro atoms. The quantitative estimate of drug-likeness (QED) is 0.350. The Hall–Kier alpha value is -3.55. The van der Waals surface area contributed by atoms with Gasteiger partial charge in [0.15, 0.2) is 5.65 Å². The number of nitrogens with zero attached hydrogens (tertiary/aromatic N) is 5. The smallest absolute Gasteiger partial charge is 0.227 e. The first-order chi connectivity index (χ1) is 16.7. The molecule has 7 nitrogen and oxygen atoms in total. The first kappa shape index (κ1) is 23.2. The Morgan fingerprint density at radius 1 is 1.20 bits per heavy atom. The average molecular weight is 476 g/mol. The second-order valence-corrected chi connectivity index (χ2v) is 9.85. The zero-order valence-electron chi connectivity index (χ0n) is 20.8. The van der Waals surface area contributed by atoms with Gasteiger partial charge in [-0.3, -0.25) is 4.79 Å². The van der Waals surface area contributed by atoms with Crippen LogP contribution < -0.4 is 4.90 Å². The van der Waals surface area contributed by atoms with Crippen molar-refractivity contribution >= 4 is 22.8 Å². The lowest BCUT2D eigenvalue weighted by Crippen LogP contribution is -2.39. The Bertz CT molecular complexity index is 1400. The Morgan fingerprint density at radius 2 is 2.00 bits per heavy atom. The van der Waals surface area contributed by atoms with E-state index in [0.29, 0.717) is 30.1 Å².